The predicted octanol–water partition coefficient (Wildman–Crippen LogP) is 2.39. The lowest BCUT2D eigenvalue weighted by molar-refractivity contribution is 0.0815. The van der Waals surface area contributed by atoms with Crippen molar-refractivity contribution in [1.82, 2.24) is 0 Å². The Hall–Kier alpha value is -0.430. The number of rotatable bonds is 4. The Labute approximate surface area is 94.6 Å². The summed E-state index contributed by atoms with van der Waals surface area (Å²) in [6.45, 7) is -0.136. The van der Waals surface area contributed by atoms with Crippen LogP contribution in [0.4, 0.5) is 8.78 Å². The largest absolute Gasteiger partial charge is 0.487 e. The van der Waals surface area contributed by atoms with Gasteiger partial charge in [-0.05, 0) is 40.3 Å². The fraction of sp³-hybridized carbons (Fsp3) is 0.333. The maximum atomic E-state index is 11.9. The van der Waals surface area contributed by atoms with E-state index in [0.717, 1.165) is 9.13 Å². The van der Waals surface area contributed by atoms with E-state index >= 15 is 0 Å². The van der Waals surface area contributed by atoms with Crippen molar-refractivity contribution < 1.29 is 13.5 Å². The van der Waals surface area contributed by atoms with E-state index in [1.54, 1.807) is 12.1 Å². The van der Waals surface area contributed by atoms with E-state index < -0.39 is 13.0 Å². The smallest absolute Gasteiger partial charge is 0.272 e. The van der Waals surface area contributed by atoms with Crippen molar-refractivity contribution in [3.05, 3.63) is 27.3 Å². The number of nitrogens with two attached hydrogens (primary N) is 1. The zero-order valence-corrected chi connectivity index (χ0v) is 9.50. The van der Waals surface area contributed by atoms with Gasteiger partial charge in [-0.3, -0.25) is 0 Å². The molecule has 0 unspecified atom stereocenters. The monoisotopic (exact) mass is 313 g/mol. The highest BCUT2D eigenvalue weighted by atomic mass is 127. The molecule has 1 rings (SSSR count). The summed E-state index contributed by atoms with van der Waals surface area (Å²) in [6, 6.07) is 5.25. The van der Waals surface area contributed by atoms with Gasteiger partial charge in [-0.25, -0.2) is 8.78 Å². The zero-order chi connectivity index (χ0) is 10.6. The quantitative estimate of drug-likeness (QED) is 0.867. The number of alkyl halides is 2. The van der Waals surface area contributed by atoms with Crippen molar-refractivity contribution in [2.45, 2.75) is 13.0 Å². The summed E-state index contributed by atoms with van der Waals surface area (Å²) >= 11 is 2.03. The third kappa shape index (κ3) is 3.38. The van der Waals surface area contributed by atoms with Crippen LogP contribution in [0.1, 0.15) is 5.56 Å². The van der Waals surface area contributed by atoms with Crippen molar-refractivity contribution in [2.75, 3.05) is 6.61 Å². The van der Waals surface area contributed by atoms with Crippen LogP contribution in [0.15, 0.2) is 18.2 Å². The number of hydrogen-bond donors (Lipinski definition) is 1. The van der Waals surface area contributed by atoms with Crippen LogP contribution in [-0.2, 0) is 6.54 Å². The first-order valence-electron chi connectivity index (χ1n) is 4.03. The van der Waals surface area contributed by atoms with Gasteiger partial charge in [0, 0.05) is 6.54 Å². The average Bonchev–Trinajstić information content (AvgIpc) is 2.15. The molecule has 5 heteroatoms. The van der Waals surface area contributed by atoms with Crippen molar-refractivity contribution >= 4 is 22.6 Å². The molecule has 0 aliphatic carbocycles. The summed E-state index contributed by atoms with van der Waals surface area (Å²) in [5, 5.41) is 0. The minimum atomic E-state index is -2.44. The maximum absolute atomic E-state index is 11.9. The first kappa shape index (κ1) is 11.6. The van der Waals surface area contributed by atoms with Crippen molar-refractivity contribution in [1.29, 1.82) is 0 Å². The fourth-order valence-electron chi connectivity index (χ4n) is 0.941. The van der Waals surface area contributed by atoms with Gasteiger partial charge in [0.1, 0.15) is 12.4 Å². The Bertz CT molecular complexity index is 307. The Morgan fingerprint density at radius 3 is 2.64 bits per heavy atom. The molecule has 0 amide bonds. The molecule has 2 N–H and O–H groups in total. The molecule has 0 saturated carbocycles. The molecule has 0 atom stereocenters. The van der Waals surface area contributed by atoms with Gasteiger partial charge in [0.25, 0.3) is 6.43 Å². The van der Waals surface area contributed by atoms with Crippen molar-refractivity contribution in [3.8, 4) is 5.75 Å². The summed E-state index contributed by atoms with van der Waals surface area (Å²) in [5.74, 6) is 0.475. The van der Waals surface area contributed by atoms with Crippen LogP contribution in [0.25, 0.3) is 0 Å². The van der Waals surface area contributed by atoms with E-state index in [-0.39, 0.29) is 0 Å². The van der Waals surface area contributed by atoms with Crippen molar-refractivity contribution in [2.24, 2.45) is 5.73 Å². The number of halogens is 3. The molecule has 0 aliphatic heterocycles. The summed E-state index contributed by atoms with van der Waals surface area (Å²) < 4.78 is 29.4. The van der Waals surface area contributed by atoms with Gasteiger partial charge >= 0.3 is 0 Å². The molecule has 0 aromatic heterocycles. The van der Waals surface area contributed by atoms with Crippen molar-refractivity contribution in [3.63, 3.8) is 0 Å². The lowest BCUT2D eigenvalue weighted by atomic mass is 10.2. The molecule has 1 aromatic rings. The second-order valence-electron chi connectivity index (χ2n) is 2.67. The standard InChI is InChI=1S/C9H10F2INO/c10-9(11)5-14-8-2-1-6(4-13)3-7(8)12/h1-3,9H,4-5,13H2. The highest BCUT2D eigenvalue weighted by Gasteiger charge is 2.06. The van der Waals surface area contributed by atoms with E-state index in [9.17, 15) is 8.78 Å². The molecule has 0 radical (unpaired) electrons. The lowest BCUT2D eigenvalue weighted by Crippen LogP contribution is -2.08. The first-order valence-corrected chi connectivity index (χ1v) is 5.11. The van der Waals surface area contributed by atoms with Crippen LogP contribution in [0.3, 0.4) is 0 Å². The zero-order valence-electron chi connectivity index (χ0n) is 7.34. The van der Waals surface area contributed by atoms with Gasteiger partial charge in [0.15, 0.2) is 0 Å². The van der Waals surface area contributed by atoms with Gasteiger partial charge in [-0.1, -0.05) is 6.07 Å². The van der Waals surface area contributed by atoms with Gasteiger partial charge in [-0.2, -0.15) is 0 Å². The molecule has 0 fully saturated rings. The Kier molecular flexibility index (Phi) is 4.53. The minimum Gasteiger partial charge on any atom is -0.487 e. The molecule has 0 spiro atoms. The van der Waals surface area contributed by atoms with Gasteiger partial charge in [-0.15, -0.1) is 0 Å². The Morgan fingerprint density at radius 1 is 1.43 bits per heavy atom. The normalized spacial score (nSPS) is 10.6. The number of benzene rings is 1. The third-order valence-corrected chi connectivity index (χ3v) is 2.44. The molecule has 0 aliphatic rings. The van der Waals surface area contributed by atoms with E-state index in [1.165, 1.54) is 0 Å². The summed E-state index contributed by atoms with van der Waals surface area (Å²) in [6.07, 6.45) is -2.44. The van der Waals surface area contributed by atoms with Crippen LogP contribution in [0.2, 0.25) is 0 Å². The highest BCUT2D eigenvalue weighted by molar-refractivity contribution is 14.1. The predicted molar refractivity (Wildman–Crippen MR) is 58.5 cm³/mol. The molecule has 78 valence electrons. The molecular formula is C9H10F2INO. The molecule has 0 bridgehead atoms. The fourth-order valence-corrected chi connectivity index (χ4v) is 1.68. The average molecular weight is 313 g/mol. The van der Waals surface area contributed by atoms with E-state index in [4.69, 9.17) is 10.5 Å². The van der Waals surface area contributed by atoms with Crippen LogP contribution in [-0.4, -0.2) is 13.0 Å². The Morgan fingerprint density at radius 2 is 2.14 bits per heavy atom. The number of hydrogen-bond acceptors (Lipinski definition) is 2. The maximum Gasteiger partial charge on any atom is 0.272 e. The second kappa shape index (κ2) is 5.45. The van der Waals surface area contributed by atoms with Crippen LogP contribution < -0.4 is 10.5 Å². The summed E-state index contributed by atoms with van der Waals surface area (Å²) in [7, 11) is 0. The number of ether oxygens (including phenoxy) is 1. The SMILES string of the molecule is NCc1ccc(OCC(F)F)c(I)c1. The molecule has 14 heavy (non-hydrogen) atoms. The third-order valence-electron chi connectivity index (χ3n) is 1.60. The van der Waals surface area contributed by atoms with Crippen LogP contribution in [0, 0.1) is 3.57 Å². The molecule has 1 aromatic carbocycles. The minimum absolute atomic E-state index is 0.436. The topological polar surface area (TPSA) is 35.2 Å². The lowest BCUT2D eigenvalue weighted by Gasteiger charge is -2.08. The van der Waals surface area contributed by atoms with E-state index in [1.807, 2.05) is 28.7 Å². The Balaban J connectivity index is 2.69. The first-order chi connectivity index (χ1) is 6.63. The molecule has 0 heterocycles. The molecule has 0 saturated heterocycles. The van der Waals surface area contributed by atoms with Gasteiger partial charge in [0.2, 0.25) is 0 Å². The van der Waals surface area contributed by atoms with E-state index in [2.05, 4.69) is 0 Å². The van der Waals surface area contributed by atoms with E-state index in [0.29, 0.717) is 12.3 Å². The molecular weight excluding hydrogens is 303 g/mol. The summed E-state index contributed by atoms with van der Waals surface area (Å²) in [4.78, 5) is 0. The molecule has 2 nitrogen and oxygen atoms in total. The van der Waals surface area contributed by atoms with Gasteiger partial charge in [0.05, 0.1) is 3.57 Å². The highest BCUT2D eigenvalue weighted by Crippen LogP contribution is 2.22. The second-order valence-corrected chi connectivity index (χ2v) is 3.83. The van der Waals surface area contributed by atoms with Crippen LogP contribution >= 0.6 is 22.6 Å². The van der Waals surface area contributed by atoms with Crippen LogP contribution in [0.5, 0.6) is 5.75 Å². The van der Waals surface area contributed by atoms with Gasteiger partial charge < -0.3 is 10.5 Å². The summed E-state index contributed by atoms with van der Waals surface area (Å²) in [5.41, 5.74) is 6.38.